The van der Waals surface area contributed by atoms with Crippen molar-refractivity contribution in [3.8, 4) is 16.3 Å². The highest BCUT2D eigenvalue weighted by atomic mass is 32.1. The Morgan fingerprint density at radius 2 is 2.00 bits per heavy atom. The number of fused-ring (bicyclic) bond motifs is 1. The highest BCUT2D eigenvalue weighted by molar-refractivity contribution is 7.21. The zero-order valence-corrected chi connectivity index (χ0v) is 15.7. The van der Waals surface area contributed by atoms with E-state index in [1.54, 1.807) is 11.3 Å². The van der Waals surface area contributed by atoms with E-state index in [1.807, 2.05) is 47.4 Å². The van der Waals surface area contributed by atoms with Gasteiger partial charge in [-0.15, -0.1) is 11.3 Å². The maximum absolute atomic E-state index is 12.4. The van der Waals surface area contributed by atoms with E-state index in [0.717, 1.165) is 35.5 Å². The van der Waals surface area contributed by atoms with Crippen molar-refractivity contribution < 1.29 is 9.53 Å². The summed E-state index contributed by atoms with van der Waals surface area (Å²) in [5.74, 6) is 0.792. The minimum atomic E-state index is 0.0763. The SMILES string of the molecule is C[C@H]1CCCCN1C(=O)COc1ccc(-c2nc3ccccc3s2)cc1. The van der Waals surface area contributed by atoms with Crippen LogP contribution in [0.2, 0.25) is 0 Å². The summed E-state index contributed by atoms with van der Waals surface area (Å²) in [4.78, 5) is 19.0. The zero-order chi connectivity index (χ0) is 17.9. The fraction of sp³-hybridized carbons (Fsp3) is 0.333. The summed E-state index contributed by atoms with van der Waals surface area (Å²) in [6.07, 6.45) is 3.38. The second-order valence-electron chi connectivity index (χ2n) is 6.73. The Morgan fingerprint density at radius 3 is 2.77 bits per heavy atom. The van der Waals surface area contributed by atoms with Crippen LogP contribution >= 0.6 is 11.3 Å². The molecule has 2 heterocycles. The van der Waals surface area contributed by atoms with Crippen molar-refractivity contribution in [3.63, 3.8) is 0 Å². The average molecular weight is 366 g/mol. The van der Waals surface area contributed by atoms with Gasteiger partial charge in [-0.3, -0.25) is 4.79 Å². The standard InChI is InChI=1S/C21H22N2O2S/c1-15-6-4-5-13-23(15)20(24)14-25-17-11-9-16(10-12-17)21-22-18-7-2-3-8-19(18)26-21/h2-3,7-12,15H,4-6,13-14H2,1H3/t15-/m0/s1. The minimum absolute atomic E-state index is 0.0763. The molecule has 1 saturated heterocycles. The maximum Gasteiger partial charge on any atom is 0.260 e. The number of carbonyl (C=O) groups is 1. The van der Waals surface area contributed by atoms with Gasteiger partial charge in [-0.05, 0) is 62.6 Å². The molecular weight excluding hydrogens is 344 g/mol. The van der Waals surface area contributed by atoms with Crippen molar-refractivity contribution in [2.45, 2.75) is 32.2 Å². The van der Waals surface area contributed by atoms with Crippen molar-refractivity contribution >= 4 is 27.5 Å². The number of rotatable bonds is 4. The van der Waals surface area contributed by atoms with Crippen LogP contribution in [0.15, 0.2) is 48.5 Å². The van der Waals surface area contributed by atoms with E-state index in [9.17, 15) is 4.79 Å². The first-order valence-corrected chi connectivity index (χ1v) is 9.90. The van der Waals surface area contributed by atoms with Gasteiger partial charge in [0.15, 0.2) is 6.61 Å². The number of para-hydroxylation sites is 1. The number of nitrogens with zero attached hydrogens (tertiary/aromatic N) is 2. The summed E-state index contributed by atoms with van der Waals surface area (Å²) in [6.45, 7) is 3.06. The molecule has 2 aromatic carbocycles. The predicted octanol–water partition coefficient (Wildman–Crippen LogP) is 4.74. The van der Waals surface area contributed by atoms with Crippen molar-refractivity contribution in [2.24, 2.45) is 0 Å². The van der Waals surface area contributed by atoms with Gasteiger partial charge in [-0.25, -0.2) is 4.98 Å². The molecule has 26 heavy (non-hydrogen) atoms. The van der Waals surface area contributed by atoms with Gasteiger partial charge >= 0.3 is 0 Å². The maximum atomic E-state index is 12.4. The van der Waals surface area contributed by atoms with E-state index in [4.69, 9.17) is 4.74 Å². The minimum Gasteiger partial charge on any atom is -0.484 e. The quantitative estimate of drug-likeness (QED) is 0.669. The molecule has 134 valence electrons. The molecule has 1 aliphatic rings. The van der Waals surface area contributed by atoms with E-state index in [-0.39, 0.29) is 12.5 Å². The number of aromatic nitrogens is 1. The van der Waals surface area contributed by atoms with E-state index >= 15 is 0 Å². The second kappa shape index (κ2) is 7.46. The smallest absolute Gasteiger partial charge is 0.260 e. The number of hydrogen-bond acceptors (Lipinski definition) is 4. The monoisotopic (exact) mass is 366 g/mol. The summed E-state index contributed by atoms with van der Waals surface area (Å²) in [5.41, 5.74) is 2.09. The molecular formula is C21H22N2O2S. The summed E-state index contributed by atoms with van der Waals surface area (Å²) >= 11 is 1.68. The molecule has 0 bridgehead atoms. The number of benzene rings is 2. The van der Waals surface area contributed by atoms with Gasteiger partial charge in [0.05, 0.1) is 10.2 Å². The van der Waals surface area contributed by atoms with Crippen LogP contribution in [-0.4, -0.2) is 35.0 Å². The Bertz CT molecular complexity index is 871. The lowest BCUT2D eigenvalue weighted by Gasteiger charge is -2.33. The average Bonchev–Trinajstić information content (AvgIpc) is 3.11. The van der Waals surface area contributed by atoms with Gasteiger partial charge in [0.2, 0.25) is 0 Å². The lowest BCUT2D eigenvalue weighted by atomic mass is 10.0. The molecule has 0 unspecified atom stereocenters. The lowest BCUT2D eigenvalue weighted by Crippen LogP contribution is -2.44. The lowest BCUT2D eigenvalue weighted by molar-refractivity contribution is -0.136. The first-order chi connectivity index (χ1) is 12.7. The second-order valence-corrected chi connectivity index (χ2v) is 7.76. The van der Waals surface area contributed by atoms with Crippen LogP contribution in [0.5, 0.6) is 5.75 Å². The number of thiazole rings is 1. The largest absolute Gasteiger partial charge is 0.484 e. The molecule has 1 fully saturated rings. The third kappa shape index (κ3) is 3.58. The van der Waals surface area contributed by atoms with Crippen molar-refractivity contribution in [3.05, 3.63) is 48.5 Å². The Morgan fingerprint density at radius 1 is 1.19 bits per heavy atom. The van der Waals surface area contributed by atoms with Crippen molar-refractivity contribution in [1.82, 2.24) is 9.88 Å². The molecule has 0 N–H and O–H groups in total. The molecule has 1 atom stereocenters. The van der Waals surface area contributed by atoms with Gasteiger partial charge in [0.1, 0.15) is 10.8 Å². The topological polar surface area (TPSA) is 42.4 Å². The van der Waals surface area contributed by atoms with Crippen LogP contribution < -0.4 is 4.74 Å². The first kappa shape index (κ1) is 17.0. The van der Waals surface area contributed by atoms with Crippen molar-refractivity contribution in [2.75, 3.05) is 13.2 Å². The first-order valence-electron chi connectivity index (χ1n) is 9.09. The molecule has 5 heteroatoms. The number of amides is 1. The Balaban J connectivity index is 1.40. The molecule has 4 nitrogen and oxygen atoms in total. The zero-order valence-electron chi connectivity index (χ0n) is 14.9. The van der Waals surface area contributed by atoms with E-state index in [1.165, 1.54) is 11.1 Å². The number of likely N-dealkylation sites (tertiary alicyclic amines) is 1. The molecule has 1 amide bonds. The van der Waals surface area contributed by atoms with Gasteiger partial charge in [-0.2, -0.15) is 0 Å². The summed E-state index contributed by atoms with van der Waals surface area (Å²) in [7, 11) is 0. The summed E-state index contributed by atoms with van der Waals surface area (Å²) < 4.78 is 6.90. The van der Waals surface area contributed by atoms with E-state index in [0.29, 0.717) is 11.8 Å². The van der Waals surface area contributed by atoms with Crippen molar-refractivity contribution in [1.29, 1.82) is 0 Å². The van der Waals surface area contributed by atoms with Crippen LogP contribution in [0.25, 0.3) is 20.8 Å². The Hall–Kier alpha value is -2.40. The van der Waals surface area contributed by atoms with Gasteiger partial charge < -0.3 is 9.64 Å². The van der Waals surface area contributed by atoms with E-state index < -0.39 is 0 Å². The van der Waals surface area contributed by atoms with Gasteiger partial charge in [-0.1, -0.05) is 12.1 Å². The van der Waals surface area contributed by atoms with Crippen LogP contribution in [-0.2, 0) is 4.79 Å². The predicted molar refractivity (Wildman–Crippen MR) is 106 cm³/mol. The van der Waals surface area contributed by atoms with Crippen LogP contribution in [0.1, 0.15) is 26.2 Å². The fourth-order valence-corrected chi connectivity index (χ4v) is 4.36. The molecule has 3 aromatic rings. The molecule has 0 saturated carbocycles. The normalized spacial score (nSPS) is 17.4. The molecule has 0 radical (unpaired) electrons. The van der Waals surface area contributed by atoms with E-state index in [2.05, 4.69) is 18.0 Å². The van der Waals surface area contributed by atoms with Crippen LogP contribution in [0.3, 0.4) is 0 Å². The molecule has 0 aliphatic carbocycles. The summed E-state index contributed by atoms with van der Waals surface area (Å²) in [5, 5.41) is 0.996. The van der Waals surface area contributed by atoms with Gasteiger partial charge in [0, 0.05) is 18.2 Å². The molecule has 4 rings (SSSR count). The Labute approximate surface area is 157 Å². The molecule has 0 spiro atoms. The van der Waals surface area contributed by atoms with Crippen LogP contribution in [0, 0.1) is 0 Å². The number of ether oxygens (including phenoxy) is 1. The van der Waals surface area contributed by atoms with Crippen LogP contribution in [0.4, 0.5) is 0 Å². The number of carbonyl (C=O) groups excluding carboxylic acids is 1. The fourth-order valence-electron chi connectivity index (χ4n) is 3.39. The van der Waals surface area contributed by atoms with Gasteiger partial charge in [0.25, 0.3) is 5.91 Å². The molecule has 1 aliphatic heterocycles. The third-order valence-corrected chi connectivity index (χ3v) is 5.97. The highest BCUT2D eigenvalue weighted by Crippen LogP contribution is 2.30. The Kier molecular flexibility index (Phi) is 4.89. The highest BCUT2D eigenvalue weighted by Gasteiger charge is 2.23. The molecule has 1 aromatic heterocycles. The number of hydrogen-bond donors (Lipinski definition) is 0. The summed E-state index contributed by atoms with van der Waals surface area (Å²) in [6, 6.07) is 16.3. The third-order valence-electron chi connectivity index (χ3n) is 4.88. The number of piperidine rings is 1.